The number of halogens is 2. The molecule has 33 heavy (non-hydrogen) atoms. The van der Waals surface area contributed by atoms with Crippen LogP contribution < -0.4 is 14.9 Å². The minimum Gasteiger partial charge on any atom is -0.330 e. The van der Waals surface area contributed by atoms with Crippen molar-refractivity contribution in [2.45, 2.75) is 32.2 Å². The average molecular weight is 470 g/mol. The summed E-state index contributed by atoms with van der Waals surface area (Å²) in [6, 6.07) is 17.5. The molecule has 3 rings (SSSR count). The molecule has 0 heterocycles. The molecule has 8 heteroatoms. The van der Waals surface area contributed by atoms with Crippen molar-refractivity contribution in [2.24, 2.45) is 0 Å². The first-order valence-corrected chi connectivity index (χ1v) is 11.0. The highest BCUT2D eigenvalue weighted by atomic mass is 32.1. The molecule has 1 atom stereocenters. The fourth-order valence-corrected chi connectivity index (χ4v) is 3.47. The number of anilines is 2. The Morgan fingerprint density at radius 2 is 1.64 bits per heavy atom. The van der Waals surface area contributed by atoms with Crippen molar-refractivity contribution in [1.29, 1.82) is 0 Å². The van der Waals surface area contributed by atoms with Gasteiger partial charge in [0.25, 0.3) is 5.91 Å². The number of nitrogens with one attached hydrogen (secondary N) is 2. The second kappa shape index (κ2) is 11.5. The molecule has 3 aromatic rings. The average Bonchev–Trinajstić information content (AvgIpc) is 2.82. The van der Waals surface area contributed by atoms with Gasteiger partial charge in [-0.05, 0) is 60.5 Å². The number of amides is 3. The quantitative estimate of drug-likeness (QED) is 0.329. The summed E-state index contributed by atoms with van der Waals surface area (Å²) < 4.78 is 28.2. The summed E-state index contributed by atoms with van der Waals surface area (Å²) in [5.41, 5.74) is 1.68. The Morgan fingerprint density at radius 1 is 0.970 bits per heavy atom. The Morgan fingerprint density at radius 3 is 2.27 bits per heavy atom. The lowest BCUT2D eigenvalue weighted by Gasteiger charge is -2.23. The van der Waals surface area contributed by atoms with E-state index in [1.165, 1.54) is 30.3 Å². The number of nitrogens with zero attached hydrogens (tertiary/aromatic N) is 1. The number of carbonyl (C=O) groups excluding carboxylic acids is 2. The minimum absolute atomic E-state index is 0.0595. The second-order valence-electron chi connectivity index (χ2n) is 7.49. The number of carbonyl (C=O) groups is 2. The highest BCUT2D eigenvalue weighted by Gasteiger charge is 2.19. The van der Waals surface area contributed by atoms with E-state index in [2.05, 4.69) is 30.4 Å². The number of thiol groups is 1. The summed E-state index contributed by atoms with van der Waals surface area (Å²) >= 11 is 4.31. The van der Waals surface area contributed by atoms with Crippen molar-refractivity contribution in [3.8, 4) is 0 Å². The molecule has 0 aliphatic carbocycles. The van der Waals surface area contributed by atoms with E-state index in [9.17, 15) is 18.4 Å². The van der Waals surface area contributed by atoms with Crippen LogP contribution in [0.1, 0.15) is 48.1 Å². The number of hydrogen-bond acceptors (Lipinski definition) is 3. The number of urea groups is 1. The lowest BCUT2D eigenvalue weighted by Crippen LogP contribution is -2.36. The normalized spacial score (nSPS) is 11.5. The molecular formula is C25H25F2N3O2S. The Kier molecular flexibility index (Phi) is 8.43. The molecule has 0 radical (unpaired) electrons. The van der Waals surface area contributed by atoms with Crippen LogP contribution in [0.15, 0.2) is 72.8 Å². The van der Waals surface area contributed by atoms with Gasteiger partial charge in [0.2, 0.25) is 0 Å². The summed E-state index contributed by atoms with van der Waals surface area (Å²) in [6.45, 7) is 2.06. The highest BCUT2D eigenvalue weighted by Crippen LogP contribution is 2.24. The van der Waals surface area contributed by atoms with Crippen LogP contribution in [0.5, 0.6) is 0 Å². The summed E-state index contributed by atoms with van der Waals surface area (Å²) in [4.78, 5) is 25.1. The van der Waals surface area contributed by atoms with Gasteiger partial charge in [-0.15, -0.1) is 0 Å². The standard InChI is InChI=1S/C25H25F2N3O2S/c1-2-3-8-23(17-9-11-18(26)12-10-17)29-25(32)30(33)20-15-13-19(14-16-20)28-24(31)21-6-4-5-7-22(21)27/h4-7,9-16,23,33H,2-3,8H2,1H3,(H,28,31)(H,29,32). The van der Waals surface area contributed by atoms with Crippen LogP contribution in [-0.2, 0) is 0 Å². The molecule has 0 saturated heterocycles. The molecule has 0 saturated carbocycles. The lowest BCUT2D eigenvalue weighted by atomic mass is 10.0. The van der Waals surface area contributed by atoms with E-state index in [0.29, 0.717) is 17.8 Å². The van der Waals surface area contributed by atoms with Gasteiger partial charge in [-0.25, -0.2) is 17.9 Å². The van der Waals surface area contributed by atoms with Crippen LogP contribution >= 0.6 is 12.8 Å². The van der Waals surface area contributed by atoms with Crippen molar-refractivity contribution < 1.29 is 18.4 Å². The fraction of sp³-hybridized carbons (Fsp3) is 0.200. The van der Waals surface area contributed by atoms with E-state index in [1.807, 2.05) is 0 Å². The van der Waals surface area contributed by atoms with E-state index in [1.54, 1.807) is 42.5 Å². The van der Waals surface area contributed by atoms with Crippen molar-refractivity contribution in [3.63, 3.8) is 0 Å². The predicted molar refractivity (Wildman–Crippen MR) is 129 cm³/mol. The van der Waals surface area contributed by atoms with Gasteiger partial charge in [0, 0.05) is 5.69 Å². The van der Waals surface area contributed by atoms with E-state index >= 15 is 0 Å². The molecule has 0 aliphatic heterocycles. The monoisotopic (exact) mass is 469 g/mol. The Bertz CT molecular complexity index is 1090. The molecule has 5 nitrogen and oxygen atoms in total. The van der Waals surface area contributed by atoms with Crippen molar-refractivity contribution in [3.05, 3.63) is 95.6 Å². The smallest absolute Gasteiger partial charge is 0.330 e. The Balaban J connectivity index is 1.66. The molecule has 0 aliphatic rings. The number of hydrogen-bond donors (Lipinski definition) is 3. The van der Waals surface area contributed by atoms with E-state index in [-0.39, 0.29) is 17.4 Å². The van der Waals surface area contributed by atoms with Crippen LogP contribution in [0.3, 0.4) is 0 Å². The largest absolute Gasteiger partial charge is 0.332 e. The van der Waals surface area contributed by atoms with Crippen molar-refractivity contribution >= 4 is 36.1 Å². The molecule has 172 valence electrons. The van der Waals surface area contributed by atoms with Crippen LogP contribution in [0, 0.1) is 11.6 Å². The van der Waals surface area contributed by atoms with Gasteiger partial charge in [-0.1, -0.05) is 56.8 Å². The topological polar surface area (TPSA) is 61.4 Å². The second-order valence-corrected chi connectivity index (χ2v) is 7.89. The van der Waals surface area contributed by atoms with E-state index in [4.69, 9.17) is 0 Å². The minimum atomic E-state index is -0.608. The number of benzene rings is 3. The van der Waals surface area contributed by atoms with Gasteiger partial charge >= 0.3 is 6.03 Å². The Hall–Kier alpha value is -3.39. The molecule has 1 unspecified atom stereocenters. The van der Waals surface area contributed by atoms with Crippen LogP contribution in [0.4, 0.5) is 25.0 Å². The SMILES string of the molecule is CCCCC(NC(=O)N(S)c1ccc(NC(=O)c2ccccc2F)cc1)c1ccc(F)cc1. The van der Waals surface area contributed by atoms with Gasteiger partial charge in [0.05, 0.1) is 17.3 Å². The first kappa shape index (κ1) is 24.3. The third kappa shape index (κ3) is 6.55. The van der Waals surface area contributed by atoms with Crippen LogP contribution in [0.2, 0.25) is 0 Å². The lowest BCUT2D eigenvalue weighted by molar-refractivity contribution is 0.102. The zero-order chi connectivity index (χ0) is 23.8. The molecular weight excluding hydrogens is 444 g/mol. The van der Waals surface area contributed by atoms with Gasteiger partial charge < -0.3 is 10.6 Å². The Labute approximate surface area is 197 Å². The molecule has 3 aromatic carbocycles. The molecule has 2 N–H and O–H groups in total. The third-order valence-corrected chi connectivity index (χ3v) is 5.51. The maximum atomic E-state index is 13.8. The maximum absolute atomic E-state index is 13.8. The van der Waals surface area contributed by atoms with Crippen molar-refractivity contribution in [2.75, 3.05) is 9.62 Å². The molecule has 3 amide bonds. The molecule has 0 spiro atoms. The van der Waals surface area contributed by atoms with E-state index in [0.717, 1.165) is 22.7 Å². The maximum Gasteiger partial charge on any atom is 0.332 e. The van der Waals surface area contributed by atoms with Gasteiger partial charge in [0.1, 0.15) is 11.6 Å². The van der Waals surface area contributed by atoms with Crippen LogP contribution in [-0.4, -0.2) is 11.9 Å². The van der Waals surface area contributed by atoms with E-state index < -0.39 is 17.8 Å². The molecule has 0 fully saturated rings. The summed E-state index contributed by atoms with van der Waals surface area (Å²) in [6.07, 6.45) is 2.56. The zero-order valence-corrected chi connectivity index (χ0v) is 19.0. The summed E-state index contributed by atoms with van der Waals surface area (Å²) in [7, 11) is 0. The number of unbranched alkanes of at least 4 members (excludes halogenated alkanes) is 1. The first-order chi connectivity index (χ1) is 15.9. The fourth-order valence-electron chi connectivity index (χ4n) is 3.28. The number of rotatable bonds is 8. The van der Waals surface area contributed by atoms with Gasteiger partial charge in [-0.3, -0.25) is 4.79 Å². The molecule has 0 bridgehead atoms. The molecule has 0 aromatic heterocycles. The van der Waals surface area contributed by atoms with Crippen LogP contribution in [0.25, 0.3) is 0 Å². The summed E-state index contributed by atoms with van der Waals surface area (Å²) in [5.74, 6) is -1.51. The third-order valence-electron chi connectivity index (χ3n) is 5.10. The zero-order valence-electron chi connectivity index (χ0n) is 18.1. The van der Waals surface area contributed by atoms with Crippen molar-refractivity contribution in [1.82, 2.24) is 5.32 Å². The predicted octanol–water partition coefficient (Wildman–Crippen LogP) is 6.51. The first-order valence-electron chi connectivity index (χ1n) is 10.6. The highest BCUT2D eigenvalue weighted by molar-refractivity contribution is 7.82. The van der Waals surface area contributed by atoms with Gasteiger partial charge in [-0.2, -0.15) is 0 Å². The summed E-state index contributed by atoms with van der Waals surface area (Å²) in [5, 5.41) is 5.56. The van der Waals surface area contributed by atoms with Gasteiger partial charge in [0.15, 0.2) is 0 Å².